The first kappa shape index (κ1) is 16.5. The molecular weight excluding hydrogens is 344 g/mol. The highest BCUT2D eigenvalue weighted by molar-refractivity contribution is 5.87. The maximum Gasteiger partial charge on any atom is 0.151 e. The SMILES string of the molecule is CN(c1ccccc1)c1cccc(N2c3ccccc3Oc3ccccc32)c1. The van der Waals surface area contributed by atoms with E-state index in [4.69, 9.17) is 4.74 Å². The Morgan fingerprint density at radius 2 is 1.18 bits per heavy atom. The smallest absolute Gasteiger partial charge is 0.151 e. The van der Waals surface area contributed by atoms with E-state index in [1.807, 2.05) is 42.5 Å². The van der Waals surface area contributed by atoms with Crippen LogP contribution in [0.2, 0.25) is 0 Å². The molecule has 136 valence electrons. The lowest BCUT2D eigenvalue weighted by atomic mass is 10.1. The van der Waals surface area contributed by atoms with Crippen LogP contribution in [0.3, 0.4) is 0 Å². The molecule has 3 nitrogen and oxygen atoms in total. The molecule has 5 rings (SSSR count). The first-order valence-electron chi connectivity index (χ1n) is 9.36. The van der Waals surface area contributed by atoms with Gasteiger partial charge in [-0.2, -0.15) is 0 Å². The summed E-state index contributed by atoms with van der Waals surface area (Å²) in [6.45, 7) is 0. The van der Waals surface area contributed by atoms with Crippen molar-refractivity contribution in [2.24, 2.45) is 0 Å². The highest BCUT2D eigenvalue weighted by Crippen LogP contribution is 2.50. The molecule has 1 aliphatic heterocycles. The molecule has 0 saturated carbocycles. The second-order valence-electron chi connectivity index (χ2n) is 6.79. The molecule has 0 atom stereocenters. The second kappa shape index (κ2) is 6.78. The minimum absolute atomic E-state index is 0.864. The van der Waals surface area contributed by atoms with Gasteiger partial charge < -0.3 is 14.5 Å². The molecule has 4 aromatic rings. The normalized spacial score (nSPS) is 12.0. The van der Waals surface area contributed by atoms with Crippen LogP contribution in [0.5, 0.6) is 11.5 Å². The van der Waals surface area contributed by atoms with Gasteiger partial charge in [-0.25, -0.2) is 0 Å². The van der Waals surface area contributed by atoms with Crippen molar-refractivity contribution in [1.29, 1.82) is 0 Å². The van der Waals surface area contributed by atoms with Crippen LogP contribution in [0.25, 0.3) is 0 Å². The summed E-state index contributed by atoms with van der Waals surface area (Å²) in [7, 11) is 2.09. The predicted octanol–water partition coefficient (Wildman–Crippen LogP) is 7.03. The fourth-order valence-electron chi connectivity index (χ4n) is 3.62. The van der Waals surface area contributed by atoms with E-state index in [-0.39, 0.29) is 0 Å². The summed E-state index contributed by atoms with van der Waals surface area (Å²) >= 11 is 0. The largest absolute Gasteiger partial charge is 0.453 e. The van der Waals surface area contributed by atoms with Crippen molar-refractivity contribution in [2.45, 2.75) is 0 Å². The minimum Gasteiger partial charge on any atom is -0.453 e. The van der Waals surface area contributed by atoms with Crippen LogP contribution in [0.4, 0.5) is 28.4 Å². The van der Waals surface area contributed by atoms with Crippen molar-refractivity contribution in [1.82, 2.24) is 0 Å². The molecule has 1 heterocycles. The summed E-state index contributed by atoms with van der Waals surface area (Å²) < 4.78 is 6.12. The number of fused-ring (bicyclic) bond motifs is 2. The molecule has 0 bridgehead atoms. The maximum atomic E-state index is 6.12. The summed E-state index contributed by atoms with van der Waals surface area (Å²) in [4.78, 5) is 4.46. The molecule has 0 saturated heterocycles. The van der Waals surface area contributed by atoms with Crippen molar-refractivity contribution < 1.29 is 4.74 Å². The zero-order chi connectivity index (χ0) is 18.9. The summed E-state index contributed by atoms with van der Waals surface area (Å²) in [6, 6.07) is 35.3. The van der Waals surface area contributed by atoms with Crippen molar-refractivity contribution in [3.05, 3.63) is 103 Å². The molecule has 0 fully saturated rings. The van der Waals surface area contributed by atoms with E-state index in [1.54, 1.807) is 0 Å². The van der Waals surface area contributed by atoms with Crippen LogP contribution in [-0.4, -0.2) is 7.05 Å². The monoisotopic (exact) mass is 364 g/mol. The molecule has 1 aliphatic rings. The number of benzene rings is 4. The van der Waals surface area contributed by atoms with Gasteiger partial charge in [0.05, 0.1) is 11.4 Å². The van der Waals surface area contributed by atoms with Gasteiger partial charge in [-0.15, -0.1) is 0 Å². The van der Waals surface area contributed by atoms with Gasteiger partial charge in [-0.05, 0) is 54.6 Å². The average Bonchev–Trinajstić information content (AvgIpc) is 2.77. The predicted molar refractivity (Wildman–Crippen MR) is 116 cm³/mol. The molecule has 0 radical (unpaired) electrons. The van der Waals surface area contributed by atoms with Crippen LogP contribution in [0, 0.1) is 0 Å². The Balaban J connectivity index is 1.62. The minimum atomic E-state index is 0.864. The van der Waals surface area contributed by atoms with Gasteiger partial charge in [0.1, 0.15) is 0 Å². The number of rotatable bonds is 3. The molecule has 4 aromatic carbocycles. The highest BCUT2D eigenvalue weighted by atomic mass is 16.5. The number of anilines is 5. The Hall–Kier alpha value is -3.72. The molecule has 0 unspecified atom stereocenters. The van der Waals surface area contributed by atoms with Gasteiger partial charge >= 0.3 is 0 Å². The Labute approximate surface area is 165 Å². The Morgan fingerprint density at radius 3 is 1.86 bits per heavy atom. The van der Waals surface area contributed by atoms with Gasteiger partial charge in [0, 0.05) is 24.1 Å². The number of para-hydroxylation sites is 5. The fourth-order valence-corrected chi connectivity index (χ4v) is 3.62. The van der Waals surface area contributed by atoms with E-state index >= 15 is 0 Å². The number of hydrogen-bond donors (Lipinski definition) is 0. The van der Waals surface area contributed by atoms with E-state index < -0.39 is 0 Å². The Kier molecular flexibility index (Phi) is 3.99. The zero-order valence-corrected chi connectivity index (χ0v) is 15.6. The van der Waals surface area contributed by atoms with Crippen LogP contribution in [0.1, 0.15) is 0 Å². The highest BCUT2D eigenvalue weighted by Gasteiger charge is 2.25. The van der Waals surface area contributed by atoms with E-state index in [9.17, 15) is 0 Å². The summed E-state index contributed by atoms with van der Waals surface area (Å²) in [5, 5.41) is 0. The second-order valence-corrected chi connectivity index (χ2v) is 6.79. The lowest BCUT2D eigenvalue weighted by molar-refractivity contribution is 0.477. The maximum absolute atomic E-state index is 6.12. The quantitative estimate of drug-likeness (QED) is 0.342. The summed E-state index contributed by atoms with van der Waals surface area (Å²) in [5.41, 5.74) is 5.47. The molecule has 0 amide bonds. The fraction of sp³-hybridized carbons (Fsp3) is 0.0400. The van der Waals surface area contributed by atoms with E-state index in [2.05, 4.69) is 77.5 Å². The third-order valence-electron chi connectivity index (χ3n) is 5.05. The Morgan fingerprint density at radius 1 is 0.607 bits per heavy atom. The third-order valence-corrected chi connectivity index (χ3v) is 5.05. The lowest BCUT2D eigenvalue weighted by Gasteiger charge is -2.33. The van der Waals surface area contributed by atoms with Crippen LogP contribution < -0.4 is 14.5 Å². The van der Waals surface area contributed by atoms with E-state index in [0.717, 1.165) is 39.9 Å². The zero-order valence-electron chi connectivity index (χ0n) is 15.6. The van der Waals surface area contributed by atoms with Crippen molar-refractivity contribution in [3.63, 3.8) is 0 Å². The van der Waals surface area contributed by atoms with E-state index in [1.165, 1.54) is 0 Å². The first-order valence-corrected chi connectivity index (χ1v) is 9.36. The van der Waals surface area contributed by atoms with Gasteiger partial charge in [-0.3, -0.25) is 0 Å². The van der Waals surface area contributed by atoms with Gasteiger partial charge in [0.2, 0.25) is 0 Å². The van der Waals surface area contributed by atoms with Crippen LogP contribution in [-0.2, 0) is 0 Å². The topological polar surface area (TPSA) is 15.7 Å². The van der Waals surface area contributed by atoms with E-state index in [0.29, 0.717) is 0 Å². The van der Waals surface area contributed by atoms with Crippen LogP contribution in [0.15, 0.2) is 103 Å². The molecule has 28 heavy (non-hydrogen) atoms. The first-order chi connectivity index (χ1) is 13.8. The lowest BCUT2D eigenvalue weighted by Crippen LogP contribution is -2.16. The summed E-state index contributed by atoms with van der Waals surface area (Å²) in [5.74, 6) is 1.73. The number of hydrogen-bond acceptors (Lipinski definition) is 3. The number of ether oxygens (including phenoxy) is 1. The molecule has 0 spiro atoms. The third kappa shape index (κ3) is 2.78. The molecule has 0 N–H and O–H groups in total. The van der Waals surface area contributed by atoms with Crippen molar-refractivity contribution in [2.75, 3.05) is 16.8 Å². The molecule has 0 aromatic heterocycles. The van der Waals surface area contributed by atoms with Crippen molar-refractivity contribution >= 4 is 28.4 Å². The molecular formula is C25H20N2O. The Bertz CT molecular complexity index is 1080. The molecule has 3 heteroatoms. The van der Waals surface area contributed by atoms with Gasteiger partial charge in [0.25, 0.3) is 0 Å². The van der Waals surface area contributed by atoms with Crippen LogP contribution >= 0.6 is 0 Å². The average molecular weight is 364 g/mol. The van der Waals surface area contributed by atoms with Gasteiger partial charge in [0.15, 0.2) is 11.5 Å². The summed E-state index contributed by atoms with van der Waals surface area (Å²) in [6.07, 6.45) is 0. The standard InChI is InChI=1S/C25H20N2O/c1-26(19-10-3-2-4-11-19)20-12-9-13-21(18-20)27-22-14-5-7-16-24(22)28-25-17-8-6-15-23(25)27/h2-18H,1H3. The number of nitrogens with zero attached hydrogens (tertiary/aromatic N) is 2. The molecule has 0 aliphatic carbocycles. The van der Waals surface area contributed by atoms with Gasteiger partial charge in [-0.1, -0.05) is 48.5 Å². The van der Waals surface area contributed by atoms with Crippen molar-refractivity contribution in [3.8, 4) is 11.5 Å².